The quantitative estimate of drug-likeness (QED) is 0.0326. The summed E-state index contributed by atoms with van der Waals surface area (Å²) in [7, 11) is 0. The van der Waals surface area contributed by atoms with Gasteiger partial charge < -0.3 is 86.0 Å². The average Bonchev–Trinajstić information content (AvgIpc) is 4.26. The summed E-state index contributed by atoms with van der Waals surface area (Å²) in [6.45, 7) is 7.49. The summed E-state index contributed by atoms with van der Waals surface area (Å²) in [6, 6.07) is -13.9. The number of nitrogens with two attached hydrogens (primary N) is 4. The number of rotatable bonds is 25. The van der Waals surface area contributed by atoms with E-state index in [9.17, 15) is 67.1 Å². The Labute approximate surface area is 516 Å². The van der Waals surface area contributed by atoms with Crippen LogP contribution in [0.1, 0.15) is 130 Å². The first kappa shape index (κ1) is 74.1. The lowest BCUT2D eigenvalue weighted by Crippen LogP contribution is -2.61. The summed E-state index contributed by atoms with van der Waals surface area (Å²) in [5.74, 6) is -12.7. The minimum absolute atomic E-state index is 0.0490. The summed E-state index contributed by atoms with van der Waals surface area (Å²) in [5, 5.41) is 25.9. The van der Waals surface area contributed by atoms with Crippen molar-refractivity contribution in [3.8, 4) is 0 Å². The van der Waals surface area contributed by atoms with Crippen molar-refractivity contribution in [2.75, 3.05) is 31.6 Å². The molecule has 19 N–H and O–H groups in total. The van der Waals surface area contributed by atoms with Crippen molar-refractivity contribution < 1.29 is 67.1 Å². The van der Waals surface area contributed by atoms with Gasteiger partial charge in [-0.1, -0.05) is 52.7 Å². The van der Waals surface area contributed by atoms with Crippen molar-refractivity contribution in [3.05, 3.63) is 30.4 Å². The highest BCUT2D eigenvalue weighted by molar-refractivity contribution is 7.98. The molecule has 0 bridgehead atoms. The predicted octanol–water partition coefficient (Wildman–Crippen LogP) is -4.22. The minimum Gasteiger partial charge on any atom is -0.370 e. The summed E-state index contributed by atoms with van der Waals surface area (Å²) < 4.78 is 0. The Morgan fingerprint density at radius 2 is 1.38 bits per heavy atom. The molecule has 0 aromatic carbocycles. The van der Waals surface area contributed by atoms with Gasteiger partial charge in [0.05, 0.1) is 12.9 Å². The predicted molar refractivity (Wildman–Crippen MR) is 322 cm³/mol. The van der Waals surface area contributed by atoms with Crippen molar-refractivity contribution in [1.29, 1.82) is 0 Å². The number of nitrogens with one attached hydrogen (secondary N) is 11. The van der Waals surface area contributed by atoms with E-state index in [1.54, 1.807) is 34.0 Å². The van der Waals surface area contributed by atoms with Crippen molar-refractivity contribution in [2.45, 2.75) is 191 Å². The Morgan fingerprint density at radius 1 is 0.739 bits per heavy atom. The number of aromatic amines is 1. The highest BCUT2D eigenvalue weighted by atomic mass is 32.2. The molecule has 1 saturated heterocycles. The second-order valence-corrected chi connectivity index (χ2v) is 23.0. The molecule has 0 aliphatic carbocycles. The molecule has 31 nitrogen and oxygen atoms in total. The number of primary amides is 3. The topological polar surface area (TPSA) is 495 Å². The normalized spacial score (nSPS) is 24.2. The molecule has 88 heavy (non-hydrogen) atoms. The van der Waals surface area contributed by atoms with Crippen LogP contribution < -0.4 is 76.1 Å². The van der Waals surface area contributed by atoms with Gasteiger partial charge in [0.15, 0.2) is 0 Å². The van der Waals surface area contributed by atoms with Gasteiger partial charge in [-0.3, -0.25) is 67.1 Å². The summed E-state index contributed by atoms with van der Waals surface area (Å²) >= 11 is 1.40. The number of unbranched alkanes of at least 4 members (excludes halogenated alkanes) is 1. The average molecular weight is 1260 g/mol. The lowest BCUT2D eigenvalue weighted by atomic mass is 9.96. The zero-order valence-electron chi connectivity index (χ0n) is 51.0. The fourth-order valence-corrected chi connectivity index (χ4v) is 10.2. The van der Waals surface area contributed by atoms with E-state index >= 15 is 0 Å². The van der Waals surface area contributed by atoms with Crippen molar-refractivity contribution in [1.82, 2.24) is 68.0 Å². The molecule has 490 valence electrons. The Balaban J connectivity index is 2.29. The summed E-state index contributed by atoms with van der Waals surface area (Å²) in [5.41, 5.74) is 22.8. The third-order valence-electron chi connectivity index (χ3n) is 15.2. The maximum absolute atomic E-state index is 14.8. The molecule has 2 aliphatic rings. The number of hydrogen-bond acceptors (Lipinski definition) is 17. The van der Waals surface area contributed by atoms with E-state index in [0.717, 1.165) is 0 Å². The summed E-state index contributed by atoms with van der Waals surface area (Å²) in [6.07, 6.45) is 6.70. The maximum Gasteiger partial charge on any atom is 0.245 e. The SMILES string of the molecule is CC[C@H](C)[C@H](NC(=O)[C@@H]1C/C=C\C[C@H](NC(=O)[C@H](CCSC)NC(C)=O)C(=O)N[C@@H]([C@@H](C)CC)C(=O)N[C@@H](CCCCN)C(=O)N2CCC[C@H]2C(=O)N[C@@H](Cc2cnc[nH]2)C(=O)N[C@@H](CCC(N)=O)C(=O)NCC(=O)N[C@@H](CCC(N)=O)C(=O)N1)C(N)=O. The van der Waals surface area contributed by atoms with Crippen LogP contribution >= 0.6 is 11.8 Å². The minimum atomic E-state index is -1.63. The van der Waals surface area contributed by atoms with Crippen LogP contribution in [0.25, 0.3) is 0 Å². The lowest BCUT2D eigenvalue weighted by Gasteiger charge is -2.32. The Morgan fingerprint density at radius 3 is 1.97 bits per heavy atom. The highest BCUT2D eigenvalue weighted by Gasteiger charge is 2.41. The number of hydrogen-bond donors (Lipinski definition) is 15. The van der Waals surface area contributed by atoms with Crippen molar-refractivity contribution >= 4 is 94.5 Å². The van der Waals surface area contributed by atoms with Crippen LogP contribution in [0.4, 0.5) is 0 Å². The van der Waals surface area contributed by atoms with Gasteiger partial charge in [0.2, 0.25) is 82.7 Å². The van der Waals surface area contributed by atoms with E-state index in [1.165, 1.54) is 48.3 Å². The number of fused-ring (bicyclic) bond motifs is 1. The molecule has 1 aromatic heterocycles. The molecule has 1 aromatic rings. The van der Waals surface area contributed by atoms with Crippen LogP contribution in [-0.2, 0) is 73.5 Å². The highest BCUT2D eigenvalue weighted by Crippen LogP contribution is 2.22. The van der Waals surface area contributed by atoms with Gasteiger partial charge in [-0.15, -0.1) is 0 Å². The van der Waals surface area contributed by atoms with Crippen LogP contribution in [-0.4, -0.2) is 190 Å². The molecule has 0 spiro atoms. The van der Waals surface area contributed by atoms with E-state index in [2.05, 4.69) is 63.1 Å². The number of carbonyl (C=O) groups excluding carboxylic acids is 14. The number of carbonyl (C=O) groups is 14. The standard InChI is InChI=1S/C56H91N17O14S/c1-7-30(3)45(47(60)78)71-51(82)34-14-9-10-15-35(67-50(81)38(22-25-88-6)64-32(5)74)52(83)72-46(31(4)8-2)55(86)69-39(16-11-12-23-57)56(87)73-24-13-17-41(73)54(85)70-40(26-33-27-61-29-63-33)53(84)68-36(18-20-42(58)75)48(79)62-28-44(77)65-37(49(80)66-34)19-21-43(59)76/h9-10,27,29-31,34-41,45-46H,7-8,11-26,28,57H2,1-6H3,(H2,58,75)(H2,59,76)(H2,60,78)(H,61,63)(H,62,79)(H,64,74)(H,65,77)(H,66,80)(H,67,81)(H,68,84)(H,69,86)(H,70,85)(H,71,82)(H,72,83)/b10-9-/t30-,31-,34-,35-,36-,37-,38-,39-,40-,41-,45-,46-/m0/s1. The molecular formula is C56H91N17O14S. The van der Waals surface area contributed by atoms with Gasteiger partial charge in [-0.05, 0) is 94.6 Å². The van der Waals surface area contributed by atoms with Crippen LogP contribution in [0.15, 0.2) is 24.7 Å². The maximum atomic E-state index is 14.8. The molecular weight excluding hydrogens is 1170 g/mol. The van der Waals surface area contributed by atoms with Crippen LogP contribution in [0.5, 0.6) is 0 Å². The third-order valence-corrected chi connectivity index (χ3v) is 15.8. The number of amides is 14. The third kappa shape index (κ3) is 24.9. The number of thioether (sulfide) groups is 1. The first-order valence-corrected chi connectivity index (χ1v) is 31.1. The van der Waals surface area contributed by atoms with Crippen LogP contribution in [0, 0.1) is 11.8 Å². The Hall–Kier alpha value is -8.16. The summed E-state index contributed by atoms with van der Waals surface area (Å²) in [4.78, 5) is 200. The van der Waals surface area contributed by atoms with Gasteiger partial charge in [0.25, 0.3) is 0 Å². The fourth-order valence-electron chi connectivity index (χ4n) is 9.69. The fraction of sp³-hybridized carbons (Fsp3) is 0.661. The largest absolute Gasteiger partial charge is 0.370 e. The zero-order chi connectivity index (χ0) is 65.6. The molecule has 12 atom stereocenters. The van der Waals surface area contributed by atoms with E-state index in [-0.39, 0.29) is 45.2 Å². The molecule has 1 fully saturated rings. The molecule has 0 unspecified atom stereocenters. The van der Waals surface area contributed by atoms with Crippen LogP contribution in [0.2, 0.25) is 0 Å². The van der Waals surface area contributed by atoms with Crippen LogP contribution in [0.3, 0.4) is 0 Å². The number of H-pyrrole nitrogens is 1. The second kappa shape index (κ2) is 38.2. The molecule has 32 heteroatoms. The molecule has 3 rings (SSSR count). The smallest absolute Gasteiger partial charge is 0.245 e. The van der Waals surface area contributed by atoms with E-state index in [1.807, 2.05) is 0 Å². The zero-order valence-corrected chi connectivity index (χ0v) is 51.8. The van der Waals surface area contributed by atoms with Gasteiger partial charge in [0.1, 0.15) is 60.4 Å². The Kier molecular flexibility index (Phi) is 32.2. The number of nitrogens with zero attached hydrogens (tertiary/aromatic N) is 2. The molecule has 0 radical (unpaired) electrons. The number of imidazole rings is 1. The van der Waals surface area contributed by atoms with E-state index in [4.69, 9.17) is 22.9 Å². The molecule has 3 heterocycles. The van der Waals surface area contributed by atoms with E-state index in [0.29, 0.717) is 43.6 Å². The number of aromatic nitrogens is 2. The van der Waals surface area contributed by atoms with Gasteiger partial charge in [-0.25, -0.2) is 4.98 Å². The molecule has 14 amide bonds. The van der Waals surface area contributed by atoms with Gasteiger partial charge >= 0.3 is 0 Å². The van der Waals surface area contributed by atoms with Gasteiger partial charge in [0, 0.05) is 44.6 Å². The monoisotopic (exact) mass is 1260 g/mol. The Bertz CT molecular complexity index is 2630. The van der Waals surface area contributed by atoms with E-state index < -0.39 is 194 Å². The lowest BCUT2D eigenvalue weighted by molar-refractivity contribution is -0.143. The van der Waals surface area contributed by atoms with Crippen molar-refractivity contribution in [2.24, 2.45) is 34.8 Å². The first-order chi connectivity index (χ1) is 41.7. The second-order valence-electron chi connectivity index (χ2n) is 22.0. The molecule has 2 aliphatic heterocycles. The first-order valence-electron chi connectivity index (χ1n) is 29.7. The molecule has 0 saturated carbocycles. The van der Waals surface area contributed by atoms with Crippen molar-refractivity contribution in [3.63, 3.8) is 0 Å². The van der Waals surface area contributed by atoms with Gasteiger partial charge in [-0.2, -0.15) is 11.8 Å².